The Bertz CT molecular complexity index is 778. The van der Waals surface area contributed by atoms with Crippen LogP contribution in [0.5, 0.6) is 0 Å². The maximum atomic E-state index is 12.7. The molecular formula is C20H29ClN4O. The minimum absolute atomic E-state index is 0. The standard InChI is InChI=1S/C20H28N4O.ClH/c1-13-6-5-7-16(10-13)24-18(12-17(23-24)20(2,3)4)22-19(25)14-8-9-15(21)11-14;/h5-7,10,12,14-15H,8-9,11,21H2,1-4H3,(H,22,25);1H. The van der Waals surface area contributed by atoms with Crippen LogP contribution in [0, 0.1) is 12.8 Å². The third-order valence-corrected chi connectivity index (χ3v) is 4.82. The largest absolute Gasteiger partial charge is 0.328 e. The summed E-state index contributed by atoms with van der Waals surface area (Å²) >= 11 is 0. The molecule has 0 saturated heterocycles. The SMILES string of the molecule is Cc1cccc(-n2nc(C(C)(C)C)cc2NC(=O)C2CCC(N)C2)c1.Cl. The molecule has 3 rings (SSSR count). The van der Waals surface area contributed by atoms with Crippen molar-refractivity contribution in [3.63, 3.8) is 0 Å². The Labute approximate surface area is 161 Å². The number of aryl methyl sites for hydroxylation is 1. The van der Waals surface area contributed by atoms with Gasteiger partial charge in [-0.3, -0.25) is 4.79 Å². The lowest BCUT2D eigenvalue weighted by atomic mass is 9.92. The van der Waals surface area contributed by atoms with Gasteiger partial charge in [0.2, 0.25) is 5.91 Å². The number of carbonyl (C=O) groups excluding carboxylic acids is 1. The van der Waals surface area contributed by atoms with Gasteiger partial charge in [0.25, 0.3) is 0 Å². The third-order valence-electron chi connectivity index (χ3n) is 4.82. The highest BCUT2D eigenvalue weighted by atomic mass is 35.5. The molecule has 1 amide bonds. The van der Waals surface area contributed by atoms with Crippen molar-refractivity contribution in [1.29, 1.82) is 0 Å². The van der Waals surface area contributed by atoms with Gasteiger partial charge >= 0.3 is 0 Å². The molecule has 3 N–H and O–H groups in total. The van der Waals surface area contributed by atoms with E-state index in [1.165, 1.54) is 0 Å². The number of hydrogen-bond donors (Lipinski definition) is 2. The van der Waals surface area contributed by atoms with Crippen LogP contribution >= 0.6 is 12.4 Å². The summed E-state index contributed by atoms with van der Waals surface area (Å²) in [4.78, 5) is 12.7. The first-order valence-corrected chi connectivity index (χ1v) is 8.98. The van der Waals surface area contributed by atoms with E-state index < -0.39 is 0 Å². The van der Waals surface area contributed by atoms with Crippen molar-refractivity contribution < 1.29 is 4.79 Å². The van der Waals surface area contributed by atoms with Crippen molar-refractivity contribution in [3.05, 3.63) is 41.6 Å². The lowest BCUT2D eigenvalue weighted by molar-refractivity contribution is -0.119. The highest BCUT2D eigenvalue weighted by Crippen LogP contribution is 2.29. The van der Waals surface area contributed by atoms with Gasteiger partial charge in [0, 0.05) is 23.4 Å². The predicted molar refractivity (Wildman–Crippen MR) is 108 cm³/mol. The van der Waals surface area contributed by atoms with Crippen LogP contribution < -0.4 is 11.1 Å². The number of amides is 1. The smallest absolute Gasteiger partial charge is 0.228 e. The molecule has 1 fully saturated rings. The molecule has 1 aromatic carbocycles. The first-order valence-electron chi connectivity index (χ1n) is 8.98. The zero-order valence-corrected chi connectivity index (χ0v) is 16.8. The molecule has 1 aliphatic rings. The van der Waals surface area contributed by atoms with E-state index in [4.69, 9.17) is 10.8 Å². The molecule has 142 valence electrons. The van der Waals surface area contributed by atoms with E-state index in [0.717, 1.165) is 42.0 Å². The number of hydrogen-bond acceptors (Lipinski definition) is 3. The van der Waals surface area contributed by atoms with Gasteiger partial charge in [0.15, 0.2) is 0 Å². The molecule has 0 spiro atoms. The number of halogens is 1. The highest BCUT2D eigenvalue weighted by Gasteiger charge is 2.29. The number of nitrogens with one attached hydrogen (secondary N) is 1. The summed E-state index contributed by atoms with van der Waals surface area (Å²) in [6, 6.07) is 10.3. The summed E-state index contributed by atoms with van der Waals surface area (Å²) in [5.74, 6) is 0.761. The monoisotopic (exact) mass is 376 g/mol. The molecule has 1 aromatic heterocycles. The Morgan fingerprint density at radius 2 is 2.00 bits per heavy atom. The zero-order valence-electron chi connectivity index (χ0n) is 16.0. The van der Waals surface area contributed by atoms with Gasteiger partial charge in [0.05, 0.1) is 11.4 Å². The number of benzene rings is 1. The fraction of sp³-hybridized carbons (Fsp3) is 0.500. The number of anilines is 1. The number of aromatic nitrogens is 2. The van der Waals surface area contributed by atoms with Gasteiger partial charge in [0.1, 0.15) is 5.82 Å². The topological polar surface area (TPSA) is 72.9 Å². The van der Waals surface area contributed by atoms with Crippen LogP contribution in [0.1, 0.15) is 51.3 Å². The van der Waals surface area contributed by atoms with Crippen LogP contribution in [-0.2, 0) is 10.2 Å². The maximum absolute atomic E-state index is 12.7. The second-order valence-electron chi connectivity index (χ2n) is 8.17. The Kier molecular flexibility index (Phi) is 6.14. The Hall–Kier alpha value is -1.85. The Morgan fingerprint density at radius 1 is 1.27 bits per heavy atom. The van der Waals surface area contributed by atoms with Crippen molar-refractivity contribution in [2.45, 2.75) is 58.4 Å². The van der Waals surface area contributed by atoms with Crippen molar-refractivity contribution >= 4 is 24.1 Å². The van der Waals surface area contributed by atoms with Crippen molar-refractivity contribution in [1.82, 2.24) is 9.78 Å². The van der Waals surface area contributed by atoms with E-state index in [9.17, 15) is 4.79 Å². The molecule has 1 saturated carbocycles. The third kappa shape index (κ3) is 4.46. The average Bonchev–Trinajstić information content (AvgIpc) is 3.13. The molecule has 1 heterocycles. The van der Waals surface area contributed by atoms with E-state index >= 15 is 0 Å². The highest BCUT2D eigenvalue weighted by molar-refractivity contribution is 5.92. The van der Waals surface area contributed by atoms with Crippen LogP contribution in [0.2, 0.25) is 0 Å². The summed E-state index contributed by atoms with van der Waals surface area (Å²) in [5, 5.41) is 7.85. The van der Waals surface area contributed by atoms with Gasteiger partial charge < -0.3 is 11.1 Å². The van der Waals surface area contributed by atoms with Crippen LogP contribution in [-0.4, -0.2) is 21.7 Å². The summed E-state index contributed by atoms with van der Waals surface area (Å²) in [6.07, 6.45) is 2.54. The molecule has 26 heavy (non-hydrogen) atoms. The van der Waals surface area contributed by atoms with Crippen LogP contribution in [0.4, 0.5) is 5.82 Å². The average molecular weight is 377 g/mol. The number of rotatable bonds is 3. The fourth-order valence-electron chi connectivity index (χ4n) is 3.28. The van der Waals surface area contributed by atoms with Crippen LogP contribution in [0.15, 0.2) is 30.3 Å². The van der Waals surface area contributed by atoms with Gasteiger partial charge in [-0.1, -0.05) is 32.9 Å². The van der Waals surface area contributed by atoms with Crippen molar-refractivity contribution in [3.8, 4) is 5.69 Å². The lowest BCUT2D eigenvalue weighted by Crippen LogP contribution is -2.24. The minimum atomic E-state index is -0.0930. The van der Waals surface area contributed by atoms with Gasteiger partial charge in [-0.25, -0.2) is 4.68 Å². The molecule has 6 heteroatoms. The zero-order chi connectivity index (χ0) is 18.2. The first-order chi connectivity index (χ1) is 11.7. The molecule has 2 unspecified atom stereocenters. The molecular weight excluding hydrogens is 348 g/mol. The molecule has 0 bridgehead atoms. The molecule has 1 aliphatic carbocycles. The number of nitrogens with zero attached hydrogens (tertiary/aromatic N) is 2. The first kappa shape index (κ1) is 20.5. The van der Waals surface area contributed by atoms with E-state index in [0.29, 0.717) is 0 Å². The molecule has 2 aromatic rings. The van der Waals surface area contributed by atoms with Crippen molar-refractivity contribution in [2.24, 2.45) is 11.7 Å². The molecule has 5 nitrogen and oxygen atoms in total. The van der Waals surface area contributed by atoms with E-state index in [-0.39, 0.29) is 35.7 Å². The fourth-order valence-corrected chi connectivity index (χ4v) is 3.28. The second kappa shape index (κ2) is 7.80. The van der Waals surface area contributed by atoms with Crippen LogP contribution in [0.25, 0.3) is 5.69 Å². The Balaban J connectivity index is 0.00000243. The normalized spacial score (nSPS) is 19.9. The van der Waals surface area contributed by atoms with E-state index in [2.05, 4.69) is 45.1 Å². The molecule has 2 atom stereocenters. The lowest BCUT2D eigenvalue weighted by Gasteiger charge is -2.14. The van der Waals surface area contributed by atoms with Gasteiger partial charge in [-0.05, 0) is 43.9 Å². The summed E-state index contributed by atoms with van der Waals surface area (Å²) in [6.45, 7) is 8.42. The second-order valence-corrected chi connectivity index (χ2v) is 8.17. The number of nitrogens with two attached hydrogens (primary N) is 1. The quantitative estimate of drug-likeness (QED) is 0.851. The minimum Gasteiger partial charge on any atom is -0.328 e. The molecule has 0 aliphatic heterocycles. The summed E-state index contributed by atoms with van der Waals surface area (Å²) < 4.78 is 1.83. The van der Waals surface area contributed by atoms with E-state index in [1.54, 1.807) is 0 Å². The van der Waals surface area contributed by atoms with Gasteiger partial charge in [-0.15, -0.1) is 12.4 Å². The van der Waals surface area contributed by atoms with Crippen LogP contribution in [0.3, 0.4) is 0 Å². The number of carbonyl (C=O) groups is 1. The van der Waals surface area contributed by atoms with Crippen molar-refractivity contribution in [2.75, 3.05) is 5.32 Å². The molecule has 0 radical (unpaired) electrons. The Morgan fingerprint density at radius 3 is 2.58 bits per heavy atom. The summed E-state index contributed by atoms with van der Waals surface area (Å²) in [7, 11) is 0. The predicted octanol–water partition coefficient (Wildman–Crippen LogP) is 3.97. The summed E-state index contributed by atoms with van der Waals surface area (Å²) in [5.41, 5.74) is 8.93. The maximum Gasteiger partial charge on any atom is 0.228 e. The van der Waals surface area contributed by atoms with Gasteiger partial charge in [-0.2, -0.15) is 5.10 Å². The van der Waals surface area contributed by atoms with E-state index in [1.807, 2.05) is 22.9 Å².